The van der Waals surface area contributed by atoms with Crippen LogP contribution in [0.15, 0.2) is 36.5 Å². The molecule has 106 valence electrons. The van der Waals surface area contributed by atoms with Crippen molar-refractivity contribution < 1.29 is 5.11 Å². The van der Waals surface area contributed by atoms with Gasteiger partial charge in [0, 0.05) is 13.0 Å². The molecule has 0 radical (unpaired) electrons. The third kappa shape index (κ3) is 2.15. The van der Waals surface area contributed by atoms with Gasteiger partial charge in [-0.15, -0.1) is 0 Å². The molecule has 2 aromatic rings. The summed E-state index contributed by atoms with van der Waals surface area (Å²) in [4.78, 5) is 0. The largest absolute Gasteiger partial charge is 0.383 e. The van der Waals surface area contributed by atoms with Gasteiger partial charge in [0.15, 0.2) is 0 Å². The van der Waals surface area contributed by atoms with Crippen LogP contribution in [0.5, 0.6) is 0 Å². The lowest BCUT2D eigenvalue weighted by atomic mass is 9.70. The molecule has 1 aromatic carbocycles. The van der Waals surface area contributed by atoms with Crippen molar-refractivity contribution in [2.45, 2.75) is 37.2 Å². The Hall–Kier alpha value is -1.32. The van der Waals surface area contributed by atoms with Crippen molar-refractivity contribution in [1.82, 2.24) is 9.78 Å². The van der Waals surface area contributed by atoms with Crippen molar-refractivity contribution in [2.75, 3.05) is 0 Å². The summed E-state index contributed by atoms with van der Waals surface area (Å²) < 4.78 is 1.71. The fourth-order valence-electron chi connectivity index (χ4n) is 3.46. The molecule has 2 unspecified atom stereocenters. The zero-order chi connectivity index (χ0) is 14.2. The molecule has 0 aliphatic heterocycles. The molecule has 1 heterocycles. The van der Waals surface area contributed by atoms with Gasteiger partial charge in [-0.1, -0.05) is 54.8 Å². The Morgan fingerprint density at radius 2 is 2.05 bits per heavy atom. The number of hydrogen-bond acceptors (Lipinski definition) is 2. The second kappa shape index (κ2) is 5.23. The maximum absolute atomic E-state index is 11.4. The molecule has 1 fully saturated rings. The van der Waals surface area contributed by atoms with Crippen molar-refractivity contribution in [2.24, 2.45) is 7.05 Å². The Kier molecular flexibility index (Phi) is 3.57. The third-order valence-corrected chi connectivity index (χ3v) is 4.66. The van der Waals surface area contributed by atoms with Crippen LogP contribution in [-0.4, -0.2) is 14.9 Å². The van der Waals surface area contributed by atoms with Gasteiger partial charge < -0.3 is 5.11 Å². The molecule has 1 N–H and O–H groups in total. The van der Waals surface area contributed by atoms with Crippen LogP contribution in [0, 0.1) is 0 Å². The van der Waals surface area contributed by atoms with Crippen LogP contribution in [0.25, 0.3) is 0 Å². The van der Waals surface area contributed by atoms with Gasteiger partial charge in [-0.05, 0) is 18.4 Å². The average molecular weight is 291 g/mol. The molecule has 0 saturated heterocycles. The zero-order valence-corrected chi connectivity index (χ0v) is 12.3. The summed E-state index contributed by atoms with van der Waals surface area (Å²) in [6.45, 7) is 0. The summed E-state index contributed by atoms with van der Waals surface area (Å²) in [5.74, 6) is 0.0744. The first-order valence-corrected chi connectivity index (χ1v) is 7.46. The summed E-state index contributed by atoms with van der Waals surface area (Å²) in [5.41, 5.74) is 0.988. The van der Waals surface area contributed by atoms with E-state index in [9.17, 15) is 5.11 Å². The van der Waals surface area contributed by atoms with E-state index in [1.807, 2.05) is 25.2 Å². The maximum atomic E-state index is 11.4. The van der Waals surface area contributed by atoms with Crippen molar-refractivity contribution >= 4 is 11.6 Å². The van der Waals surface area contributed by atoms with E-state index in [2.05, 4.69) is 17.2 Å². The van der Waals surface area contributed by atoms with E-state index in [0.717, 1.165) is 31.4 Å². The van der Waals surface area contributed by atoms with Gasteiger partial charge in [-0.25, -0.2) is 0 Å². The number of halogens is 1. The fourth-order valence-corrected chi connectivity index (χ4v) is 3.79. The van der Waals surface area contributed by atoms with Crippen LogP contribution in [0.2, 0.25) is 5.02 Å². The van der Waals surface area contributed by atoms with Gasteiger partial charge in [0.05, 0.1) is 16.9 Å². The van der Waals surface area contributed by atoms with Crippen LogP contribution in [0.4, 0.5) is 0 Å². The van der Waals surface area contributed by atoms with Crippen molar-refractivity contribution in [3.63, 3.8) is 0 Å². The van der Waals surface area contributed by atoms with Crippen LogP contribution in [0.1, 0.15) is 42.9 Å². The van der Waals surface area contributed by atoms with Crippen LogP contribution < -0.4 is 0 Å². The molecule has 0 spiro atoms. The maximum Gasteiger partial charge on any atom is 0.114 e. The summed E-state index contributed by atoms with van der Waals surface area (Å²) in [6.07, 6.45) is 5.47. The smallest absolute Gasteiger partial charge is 0.114 e. The first-order chi connectivity index (χ1) is 9.63. The Morgan fingerprint density at radius 1 is 1.30 bits per heavy atom. The zero-order valence-electron chi connectivity index (χ0n) is 11.6. The second-order valence-electron chi connectivity index (χ2n) is 5.60. The normalized spacial score (nSPS) is 26.6. The highest BCUT2D eigenvalue weighted by molar-refractivity contribution is 6.31. The van der Waals surface area contributed by atoms with E-state index in [-0.39, 0.29) is 5.92 Å². The number of aryl methyl sites for hydroxylation is 1. The molecule has 1 saturated carbocycles. The quantitative estimate of drug-likeness (QED) is 0.917. The highest BCUT2D eigenvalue weighted by Gasteiger charge is 2.44. The highest BCUT2D eigenvalue weighted by atomic mass is 35.5. The number of aliphatic hydroxyl groups is 1. The fraction of sp³-hybridized carbons (Fsp3) is 0.438. The monoisotopic (exact) mass is 290 g/mol. The van der Waals surface area contributed by atoms with Gasteiger partial charge >= 0.3 is 0 Å². The summed E-state index contributed by atoms with van der Waals surface area (Å²) >= 11 is 6.28. The highest BCUT2D eigenvalue weighted by Crippen LogP contribution is 2.48. The van der Waals surface area contributed by atoms with Gasteiger partial charge in [0.2, 0.25) is 0 Å². The van der Waals surface area contributed by atoms with Crippen molar-refractivity contribution in [1.29, 1.82) is 0 Å². The summed E-state index contributed by atoms with van der Waals surface area (Å²) in [6, 6.07) is 10.2. The Morgan fingerprint density at radius 3 is 2.70 bits per heavy atom. The van der Waals surface area contributed by atoms with Gasteiger partial charge in [-0.2, -0.15) is 5.10 Å². The van der Waals surface area contributed by atoms with Gasteiger partial charge in [-0.3, -0.25) is 4.68 Å². The lowest BCUT2D eigenvalue weighted by Crippen LogP contribution is -2.38. The number of benzene rings is 1. The standard InChI is InChI=1S/C16H19ClN2O/c1-19-15(14(17)11-18-19)16(20)10-6-5-9-13(16)12-7-3-2-4-8-12/h2-4,7-8,11,13,20H,5-6,9-10H2,1H3. The molecule has 3 nitrogen and oxygen atoms in total. The molecule has 4 heteroatoms. The molecule has 3 rings (SSSR count). The second-order valence-corrected chi connectivity index (χ2v) is 6.01. The third-order valence-electron chi connectivity index (χ3n) is 4.38. The number of nitrogens with zero attached hydrogens (tertiary/aromatic N) is 2. The van der Waals surface area contributed by atoms with E-state index >= 15 is 0 Å². The van der Waals surface area contributed by atoms with Crippen molar-refractivity contribution in [3.05, 3.63) is 52.8 Å². The first kappa shape index (κ1) is 13.7. The van der Waals surface area contributed by atoms with Gasteiger partial charge in [0.25, 0.3) is 0 Å². The Bertz CT molecular complexity index is 576. The predicted octanol–water partition coefficient (Wildman–Crippen LogP) is 3.62. The van der Waals surface area contributed by atoms with E-state index in [1.54, 1.807) is 10.9 Å². The molecular weight excluding hydrogens is 272 g/mol. The SMILES string of the molecule is Cn1ncc(Cl)c1C1(O)CCCCC1c1ccccc1. The summed E-state index contributed by atoms with van der Waals surface area (Å²) in [7, 11) is 1.84. The van der Waals surface area contributed by atoms with Crippen LogP contribution in [0.3, 0.4) is 0 Å². The first-order valence-electron chi connectivity index (χ1n) is 7.08. The lowest BCUT2D eigenvalue weighted by Gasteiger charge is -2.40. The molecule has 0 bridgehead atoms. The van der Waals surface area contributed by atoms with E-state index in [1.165, 1.54) is 5.56 Å². The average Bonchev–Trinajstić information content (AvgIpc) is 2.80. The molecule has 1 aliphatic rings. The lowest BCUT2D eigenvalue weighted by molar-refractivity contribution is -0.0292. The minimum absolute atomic E-state index is 0.0744. The number of rotatable bonds is 2. The topological polar surface area (TPSA) is 38.0 Å². The predicted molar refractivity (Wildman–Crippen MR) is 79.8 cm³/mol. The van der Waals surface area contributed by atoms with Crippen molar-refractivity contribution in [3.8, 4) is 0 Å². The molecule has 0 amide bonds. The summed E-state index contributed by atoms with van der Waals surface area (Å²) in [5, 5.41) is 16.1. The number of aromatic nitrogens is 2. The number of hydrogen-bond donors (Lipinski definition) is 1. The van der Waals surface area contributed by atoms with Gasteiger partial charge in [0.1, 0.15) is 5.60 Å². The molecule has 20 heavy (non-hydrogen) atoms. The van der Waals surface area contributed by atoms with Crippen LogP contribution >= 0.6 is 11.6 Å². The van der Waals surface area contributed by atoms with E-state index in [0.29, 0.717) is 5.02 Å². The minimum Gasteiger partial charge on any atom is -0.383 e. The van der Waals surface area contributed by atoms with E-state index < -0.39 is 5.60 Å². The van der Waals surface area contributed by atoms with E-state index in [4.69, 9.17) is 11.6 Å². The molecule has 2 atom stereocenters. The molecule has 1 aromatic heterocycles. The Balaban J connectivity index is 2.09. The molecule has 1 aliphatic carbocycles. The Labute approximate surface area is 124 Å². The minimum atomic E-state index is -0.929. The molecular formula is C16H19ClN2O. The van der Waals surface area contributed by atoms with Crippen LogP contribution in [-0.2, 0) is 12.6 Å².